The summed E-state index contributed by atoms with van der Waals surface area (Å²) in [5.74, 6) is 3.45. The van der Waals surface area contributed by atoms with Crippen LogP contribution >= 0.6 is 23.2 Å². The molecule has 4 aliphatic heterocycles. The molecule has 0 saturated carbocycles. The minimum atomic E-state index is -2.41. The molecule has 0 unspecified atom stereocenters. The van der Waals surface area contributed by atoms with Gasteiger partial charge in [-0.05, 0) is 45.4 Å². The van der Waals surface area contributed by atoms with Gasteiger partial charge in [-0.15, -0.1) is 11.1 Å². The summed E-state index contributed by atoms with van der Waals surface area (Å²) in [4.78, 5) is 63.2. The first-order valence-electron chi connectivity index (χ1n) is 19.7. The van der Waals surface area contributed by atoms with E-state index in [0.717, 1.165) is 9.80 Å². The van der Waals surface area contributed by atoms with E-state index in [9.17, 15) is 19.2 Å². The number of halogens is 2. The first-order valence-corrected chi connectivity index (χ1v) is 24.9. The molecule has 3 aromatic rings. The number of hydrogen-bond acceptors (Lipinski definition) is 4. The number of fused-ring (bicyclic) bond motifs is 7. The van der Waals surface area contributed by atoms with Gasteiger partial charge in [0.1, 0.15) is 16.1 Å². The largest absolute Gasteiger partial charge is 0.320 e. The summed E-state index contributed by atoms with van der Waals surface area (Å²) in [5, 5.41) is -3.19. The van der Waals surface area contributed by atoms with Gasteiger partial charge < -0.3 is 0 Å². The highest BCUT2D eigenvalue weighted by Crippen LogP contribution is 2.66. The van der Waals surface area contributed by atoms with Crippen molar-refractivity contribution >= 4 is 96.5 Å². The average Bonchev–Trinajstić information content (AvgIpc) is 3.46. The number of para-hydroxylation sites is 2. The van der Waals surface area contributed by atoms with Gasteiger partial charge in [-0.2, -0.15) is 0 Å². The van der Waals surface area contributed by atoms with Crippen LogP contribution in [-0.4, -0.2) is 50.0 Å². The van der Waals surface area contributed by atoms with Gasteiger partial charge in [0.15, 0.2) is 0 Å². The Balaban J connectivity index is 1.73. The molecule has 4 heterocycles. The third-order valence-electron chi connectivity index (χ3n) is 13.3. The van der Waals surface area contributed by atoms with Gasteiger partial charge >= 0.3 is 23.6 Å². The third kappa shape index (κ3) is 4.73. The van der Waals surface area contributed by atoms with Crippen molar-refractivity contribution in [2.75, 3.05) is 19.6 Å². The fourth-order valence-electron chi connectivity index (χ4n) is 10.9. The third-order valence-corrected chi connectivity index (χ3v) is 27.2. The Bertz CT molecular complexity index is 2180. The summed E-state index contributed by atoms with van der Waals surface area (Å²) in [7, 11) is -4.82. The maximum absolute atomic E-state index is 14.8. The molecule has 0 spiro atoms. The maximum atomic E-state index is 14.8. The fraction of sp³-hybridized carbons (Fsp3) is 0.455. The molecule has 56 heavy (non-hydrogen) atoms. The van der Waals surface area contributed by atoms with E-state index < -0.39 is 50.0 Å². The van der Waals surface area contributed by atoms with E-state index in [1.165, 1.54) is 9.80 Å². The highest BCUT2D eigenvalue weighted by Gasteiger charge is 2.82. The van der Waals surface area contributed by atoms with Gasteiger partial charge in [-0.3, -0.25) is 38.8 Å². The number of hydrogen-bond donors (Lipinski definition) is 0. The fourth-order valence-corrected chi connectivity index (χ4v) is 22.3. The summed E-state index contributed by atoms with van der Waals surface area (Å²) in [5.41, 5.74) is 10.9. The zero-order valence-corrected chi connectivity index (χ0v) is 37.8. The number of amides is 4. The Hall–Kier alpha value is -4.07. The van der Waals surface area contributed by atoms with Gasteiger partial charge in [-0.25, -0.2) is 0 Å². The van der Waals surface area contributed by atoms with Crippen molar-refractivity contribution in [2.45, 2.75) is 127 Å². The van der Waals surface area contributed by atoms with Crippen LogP contribution in [0.4, 0.5) is 22.7 Å². The van der Waals surface area contributed by atoms with Crippen molar-refractivity contribution in [3.8, 4) is 22.9 Å². The van der Waals surface area contributed by atoms with Gasteiger partial charge in [0, 0.05) is 10.8 Å². The lowest BCUT2D eigenvalue weighted by Crippen LogP contribution is -2.77. The predicted molar refractivity (Wildman–Crippen MR) is 233 cm³/mol. The SMILES string of the molecule is CC(C)[Si](C#Cc1c2c(c(C#C[Si](C(C)C)(C(C)C)C(C)C)c3ccccc13)N1C(=O)C(=O)N3c4ccccc4N4C(=O)C(=O)N2[C@]4(Cl)[C@]31Cl)(C(C)C)C(C)C. The van der Waals surface area contributed by atoms with Crippen molar-refractivity contribution in [1.29, 1.82) is 0 Å². The lowest BCUT2D eigenvalue weighted by Gasteiger charge is -2.58. The van der Waals surface area contributed by atoms with E-state index >= 15 is 0 Å². The Kier molecular flexibility index (Phi) is 9.49. The summed E-state index contributed by atoms with van der Waals surface area (Å²) in [6.07, 6.45) is 0. The van der Waals surface area contributed by atoms with Crippen LogP contribution in [0.15, 0.2) is 48.5 Å². The highest BCUT2D eigenvalue weighted by molar-refractivity contribution is 6.91. The van der Waals surface area contributed by atoms with E-state index in [4.69, 9.17) is 23.2 Å². The Morgan fingerprint density at radius 1 is 0.464 bits per heavy atom. The van der Waals surface area contributed by atoms with Crippen molar-refractivity contribution < 1.29 is 19.2 Å². The molecule has 7 rings (SSSR count). The van der Waals surface area contributed by atoms with Crippen LogP contribution in [-0.2, 0) is 19.2 Å². The molecule has 2 atom stereocenters. The van der Waals surface area contributed by atoms with Gasteiger partial charge in [-0.1, -0.05) is 155 Å². The van der Waals surface area contributed by atoms with Crippen LogP contribution in [0.1, 0.15) is 94.2 Å². The Morgan fingerprint density at radius 2 is 0.732 bits per heavy atom. The second kappa shape index (κ2) is 13.2. The quantitative estimate of drug-likeness (QED) is 0.0816. The van der Waals surface area contributed by atoms with Crippen molar-refractivity contribution in [1.82, 2.24) is 0 Å². The molecule has 2 saturated heterocycles. The molecule has 0 aliphatic carbocycles. The summed E-state index contributed by atoms with van der Waals surface area (Å²) >= 11 is 15.6. The number of benzene rings is 3. The number of carbonyl (C=O) groups is 4. The zero-order chi connectivity index (χ0) is 41.2. The first-order chi connectivity index (χ1) is 26.2. The molecule has 0 bridgehead atoms. The Morgan fingerprint density at radius 3 is 1.02 bits per heavy atom. The first kappa shape index (κ1) is 40.1. The van der Waals surface area contributed by atoms with Crippen LogP contribution in [0.3, 0.4) is 0 Å². The number of rotatable bonds is 6. The number of alkyl halides is 2. The molecule has 12 heteroatoms. The minimum absolute atomic E-state index is 0.153. The van der Waals surface area contributed by atoms with E-state index in [0.29, 0.717) is 21.9 Å². The second-order valence-corrected chi connectivity index (χ2v) is 29.7. The molecule has 0 N–H and O–H groups in total. The minimum Gasteiger partial charge on any atom is -0.263 e. The predicted octanol–water partition coefficient (Wildman–Crippen LogP) is 9.85. The molecule has 4 amide bonds. The standard InChI is InChI=1S/C44H50Cl2N4O4Si2/c1-25(2)55(26(3)4,27(5)6)23-21-33-31-17-13-14-18-32(31)34(22-24-56(28(7)8,29(9)10)30(11)12)38-37(33)49-41(53)39(51)47-35-19-15-16-20-36(35)48-40(52)42(54)50(38)44(48,46)43(47,49)45/h13-20,25-30H,1-12H3/t43-,44-/m0/s1. The topological polar surface area (TPSA) is 81.2 Å². The molecule has 3 aromatic carbocycles. The average molecular weight is 826 g/mol. The van der Waals surface area contributed by atoms with Crippen LogP contribution in [0.2, 0.25) is 33.2 Å². The monoisotopic (exact) mass is 824 g/mol. The van der Waals surface area contributed by atoms with Crippen LogP contribution < -0.4 is 19.6 Å². The molecule has 292 valence electrons. The van der Waals surface area contributed by atoms with Crippen molar-refractivity contribution in [3.05, 3.63) is 59.7 Å². The van der Waals surface area contributed by atoms with Gasteiger partial charge in [0.2, 0.25) is 0 Å². The van der Waals surface area contributed by atoms with Crippen LogP contribution in [0.5, 0.6) is 0 Å². The van der Waals surface area contributed by atoms with E-state index in [1.54, 1.807) is 24.3 Å². The molecule has 8 nitrogen and oxygen atoms in total. The second-order valence-electron chi connectivity index (χ2n) is 17.5. The van der Waals surface area contributed by atoms with Gasteiger partial charge in [0.25, 0.3) is 10.2 Å². The zero-order valence-electron chi connectivity index (χ0n) is 34.3. The molecule has 0 radical (unpaired) electrons. The van der Waals surface area contributed by atoms with Crippen LogP contribution in [0.25, 0.3) is 10.8 Å². The molecule has 0 aromatic heterocycles. The summed E-state index contributed by atoms with van der Waals surface area (Å²) in [6, 6.07) is 14.2. The number of nitrogens with zero attached hydrogens (tertiary/aromatic N) is 4. The number of anilines is 4. The molecule has 2 fully saturated rings. The van der Waals surface area contributed by atoms with E-state index in [-0.39, 0.29) is 56.0 Å². The van der Waals surface area contributed by atoms with Crippen molar-refractivity contribution in [3.63, 3.8) is 0 Å². The molecule has 4 aliphatic rings. The molecular weight excluding hydrogens is 776 g/mol. The van der Waals surface area contributed by atoms with E-state index in [2.05, 4.69) is 106 Å². The van der Waals surface area contributed by atoms with Gasteiger partial charge in [0.05, 0.1) is 33.9 Å². The summed E-state index contributed by atoms with van der Waals surface area (Å²) in [6.45, 7) is 26.7. The lowest BCUT2D eigenvalue weighted by atomic mass is 9.91. The highest BCUT2D eigenvalue weighted by atomic mass is 35.5. The van der Waals surface area contributed by atoms with Crippen molar-refractivity contribution in [2.24, 2.45) is 0 Å². The Labute approximate surface area is 342 Å². The lowest BCUT2D eigenvalue weighted by molar-refractivity contribution is -0.134. The smallest absolute Gasteiger partial charge is 0.263 e. The summed E-state index contributed by atoms with van der Waals surface area (Å²) < 4.78 is 0. The number of carbonyl (C=O) groups excluding carboxylic acids is 4. The maximum Gasteiger partial charge on any atom is 0.320 e. The van der Waals surface area contributed by atoms with Crippen LogP contribution in [0, 0.1) is 22.9 Å². The normalized spacial score (nSPS) is 21.5. The molecular formula is C44H50Cl2N4O4Si2. The van der Waals surface area contributed by atoms with E-state index in [1.807, 2.05) is 24.3 Å².